The Bertz CT molecular complexity index is 950. The molecule has 0 radical (unpaired) electrons. The van der Waals surface area contributed by atoms with Crippen molar-refractivity contribution in [1.82, 2.24) is 5.32 Å². The minimum Gasteiger partial charge on any atom is -0.492 e. The van der Waals surface area contributed by atoms with Gasteiger partial charge in [0.15, 0.2) is 0 Å². The average Bonchev–Trinajstić information content (AvgIpc) is 3.13. The highest BCUT2D eigenvalue weighted by Crippen LogP contribution is 2.40. The van der Waals surface area contributed by atoms with Gasteiger partial charge in [-0.3, -0.25) is 0 Å². The number of aliphatic hydroxyl groups excluding tert-OH is 1. The molecule has 1 heterocycles. The Morgan fingerprint density at radius 3 is 2.57 bits per heavy atom. The summed E-state index contributed by atoms with van der Waals surface area (Å²) < 4.78 is 5.86. The van der Waals surface area contributed by atoms with Crippen LogP contribution in [0.4, 0.5) is 4.79 Å². The number of aliphatic hydroxyl groups is 1. The van der Waals surface area contributed by atoms with E-state index in [1.54, 1.807) is 0 Å². The van der Waals surface area contributed by atoms with Crippen LogP contribution in [0.1, 0.15) is 22.3 Å². The summed E-state index contributed by atoms with van der Waals surface area (Å²) >= 11 is 0. The predicted molar refractivity (Wildman–Crippen MR) is 112 cm³/mol. The molecule has 28 heavy (non-hydrogen) atoms. The quantitative estimate of drug-likeness (QED) is 0.544. The molecule has 0 fully saturated rings. The van der Waals surface area contributed by atoms with Gasteiger partial charge in [-0.2, -0.15) is 0 Å². The van der Waals surface area contributed by atoms with Crippen LogP contribution in [0.25, 0.3) is 11.1 Å². The Morgan fingerprint density at radius 1 is 1.25 bits per heavy atom. The van der Waals surface area contributed by atoms with Crippen molar-refractivity contribution < 1.29 is 19.7 Å². The lowest BCUT2D eigenvalue weighted by atomic mass is 9.92. The lowest BCUT2D eigenvalue weighted by Gasteiger charge is -2.16. The fraction of sp³-hybridized carbons (Fsp3) is 0.318. The Hall–Kier alpha value is -2.75. The molecule has 3 rings (SSSR count). The minimum atomic E-state index is -1.43. The Balaban J connectivity index is 2.01. The number of rotatable bonds is 4. The molecule has 0 saturated carbocycles. The molecule has 1 aliphatic rings. The zero-order valence-corrected chi connectivity index (χ0v) is 17.4. The van der Waals surface area contributed by atoms with Crippen molar-refractivity contribution >= 4 is 14.2 Å². The van der Waals surface area contributed by atoms with Crippen molar-refractivity contribution in [1.29, 1.82) is 0 Å². The first kappa shape index (κ1) is 20.0. The number of benzene rings is 2. The van der Waals surface area contributed by atoms with E-state index < -0.39 is 14.2 Å². The number of ether oxygens (including phenoxy) is 1. The monoisotopic (exact) mass is 395 g/mol. The third-order valence-corrected chi connectivity index (χ3v) is 5.43. The third kappa shape index (κ3) is 4.56. The second-order valence-corrected chi connectivity index (χ2v) is 12.6. The first-order chi connectivity index (χ1) is 13.3. The van der Waals surface area contributed by atoms with Crippen LogP contribution in [0.15, 0.2) is 30.3 Å². The predicted octanol–water partition coefficient (Wildman–Crippen LogP) is 3.78. The largest absolute Gasteiger partial charge is 0.492 e. The number of hydrogen-bond acceptors (Lipinski definition) is 3. The van der Waals surface area contributed by atoms with E-state index in [9.17, 15) is 9.90 Å². The molecule has 1 amide bonds. The molecule has 0 bridgehead atoms. The Labute approximate surface area is 166 Å². The summed E-state index contributed by atoms with van der Waals surface area (Å²) in [5.74, 6) is 4.03. The fourth-order valence-electron chi connectivity index (χ4n) is 3.24. The summed E-state index contributed by atoms with van der Waals surface area (Å²) in [5.41, 5.74) is 8.72. The maximum atomic E-state index is 10.9. The van der Waals surface area contributed by atoms with Gasteiger partial charge in [-0.1, -0.05) is 37.7 Å². The second-order valence-electron chi connectivity index (χ2n) is 7.86. The molecule has 0 spiro atoms. The van der Waals surface area contributed by atoms with Gasteiger partial charge in [0, 0.05) is 29.7 Å². The van der Waals surface area contributed by atoms with Crippen molar-refractivity contribution in [2.24, 2.45) is 0 Å². The molecule has 6 heteroatoms. The third-order valence-electron chi connectivity index (χ3n) is 4.55. The van der Waals surface area contributed by atoms with E-state index in [1.165, 1.54) is 0 Å². The summed E-state index contributed by atoms with van der Waals surface area (Å²) in [6.45, 7) is 7.20. The summed E-state index contributed by atoms with van der Waals surface area (Å²) in [6, 6.07) is 9.93. The van der Waals surface area contributed by atoms with Gasteiger partial charge in [-0.15, -0.1) is 5.54 Å². The fourth-order valence-corrected chi connectivity index (χ4v) is 3.76. The molecule has 1 aliphatic heterocycles. The highest BCUT2D eigenvalue weighted by atomic mass is 28.3. The van der Waals surface area contributed by atoms with E-state index in [4.69, 9.17) is 9.84 Å². The smallest absolute Gasteiger partial charge is 0.404 e. The van der Waals surface area contributed by atoms with Crippen LogP contribution < -0.4 is 10.1 Å². The van der Waals surface area contributed by atoms with E-state index in [0.717, 1.165) is 39.1 Å². The highest BCUT2D eigenvalue weighted by Gasteiger charge is 2.24. The number of carbonyl (C=O) groups is 1. The SMILES string of the molecule is C[Si](C)(C)C#Cc1ccc(-c2cc(CNC(=O)O)c(CO)c3c2OCC3)cc1. The molecule has 2 aromatic rings. The Kier molecular flexibility index (Phi) is 5.78. The molecule has 3 N–H and O–H groups in total. The van der Waals surface area contributed by atoms with Gasteiger partial charge in [0.25, 0.3) is 0 Å². The van der Waals surface area contributed by atoms with Crippen LogP contribution in [-0.2, 0) is 19.6 Å². The molecular weight excluding hydrogens is 370 g/mol. The highest BCUT2D eigenvalue weighted by molar-refractivity contribution is 6.83. The molecule has 146 valence electrons. The van der Waals surface area contributed by atoms with Crippen LogP contribution in [0.3, 0.4) is 0 Å². The van der Waals surface area contributed by atoms with Crippen molar-refractivity contribution in [2.45, 2.75) is 39.2 Å². The van der Waals surface area contributed by atoms with E-state index in [2.05, 4.69) is 36.4 Å². The molecule has 0 atom stereocenters. The summed E-state index contributed by atoms with van der Waals surface area (Å²) in [6.07, 6.45) is -0.383. The van der Waals surface area contributed by atoms with E-state index in [-0.39, 0.29) is 13.2 Å². The van der Waals surface area contributed by atoms with Crippen LogP contribution >= 0.6 is 0 Å². The normalized spacial score (nSPS) is 12.6. The van der Waals surface area contributed by atoms with Crippen LogP contribution in [0.5, 0.6) is 5.75 Å². The first-order valence-corrected chi connectivity index (χ1v) is 12.8. The van der Waals surface area contributed by atoms with E-state index in [1.807, 2.05) is 30.3 Å². The van der Waals surface area contributed by atoms with Gasteiger partial charge in [0.1, 0.15) is 13.8 Å². The molecule has 5 nitrogen and oxygen atoms in total. The number of fused-ring (bicyclic) bond motifs is 1. The van der Waals surface area contributed by atoms with Gasteiger partial charge in [0.2, 0.25) is 0 Å². The standard InChI is InChI=1S/C22H25NO4Si/c1-28(2,3)11-9-15-4-6-16(7-5-15)19-12-17(13-23-22(25)26)20(14-24)18-8-10-27-21(18)19/h4-7,12,23-24H,8,10,13-14H2,1-3H3,(H,25,26). The van der Waals surface area contributed by atoms with Gasteiger partial charge in [0.05, 0.1) is 13.2 Å². The number of amides is 1. The van der Waals surface area contributed by atoms with Crippen LogP contribution in [0, 0.1) is 11.5 Å². The topological polar surface area (TPSA) is 78.8 Å². The van der Waals surface area contributed by atoms with Gasteiger partial charge < -0.3 is 20.3 Å². The summed E-state index contributed by atoms with van der Waals surface area (Å²) in [4.78, 5) is 10.9. The summed E-state index contributed by atoms with van der Waals surface area (Å²) in [7, 11) is -1.43. The van der Waals surface area contributed by atoms with Crippen molar-refractivity contribution in [2.75, 3.05) is 6.61 Å². The Morgan fingerprint density at radius 2 is 1.96 bits per heavy atom. The average molecular weight is 396 g/mol. The number of carboxylic acid groups (broad SMARTS) is 1. The lowest BCUT2D eigenvalue weighted by Crippen LogP contribution is -2.21. The van der Waals surface area contributed by atoms with Crippen molar-refractivity contribution in [3.8, 4) is 28.3 Å². The molecule has 0 saturated heterocycles. The first-order valence-electron chi connectivity index (χ1n) is 9.30. The molecule has 0 aromatic heterocycles. The van der Waals surface area contributed by atoms with E-state index in [0.29, 0.717) is 13.0 Å². The van der Waals surface area contributed by atoms with Gasteiger partial charge >= 0.3 is 6.09 Å². The van der Waals surface area contributed by atoms with Gasteiger partial charge in [-0.05, 0) is 34.9 Å². The lowest BCUT2D eigenvalue weighted by molar-refractivity contribution is 0.193. The number of nitrogens with one attached hydrogen (secondary N) is 1. The van der Waals surface area contributed by atoms with Crippen molar-refractivity contribution in [3.05, 3.63) is 52.6 Å². The van der Waals surface area contributed by atoms with E-state index >= 15 is 0 Å². The zero-order chi connectivity index (χ0) is 20.3. The van der Waals surface area contributed by atoms with Crippen LogP contribution in [0.2, 0.25) is 19.6 Å². The summed E-state index contributed by atoms with van der Waals surface area (Å²) in [5, 5.41) is 21.2. The van der Waals surface area contributed by atoms with Crippen molar-refractivity contribution in [3.63, 3.8) is 0 Å². The number of hydrogen-bond donors (Lipinski definition) is 3. The van der Waals surface area contributed by atoms with Gasteiger partial charge in [-0.25, -0.2) is 4.79 Å². The minimum absolute atomic E-state index is 0.144. The molecule has 0 unspecified atom stereocenters. The molecule has 0 aliphatic carbocycles. The molecular formula is C22H25NO4Si. The maximum absolute atomic E-state index is 10.9. The molecule has 2 aromatic carbocycles. The maximum Gasteiger partial charge on any atom is 0.404 e. The van der Waals surface area contributed by atoms with Crippen LogP contribution in [-0.4, -0.2) is 31.0 Å². The second kappa shape index (κ2) is 8.09. The zero-order valence-electron chi connectivity index (χ0n) is 16.4.